The lowest BCUT2D eigenvalue weighted by Gasteiger charge is -2.36. The first-order valence-corrected chi connectivity index (χ1v) is 6.39. The highest BCUT2D eigenvalue weighted by Gasteiger charge is 2.44. The van der Waals surface area contributed by atoms with E-state index in [9.17, 15) is 4.79 Å². The maximum absolute atomic E-state index is 11.7. The Bertz CT molecular complexity index is 249. The molecule has 86 valence electrons. The van der Waals surface area contributed by atoms with Gasteiger partial charge in [-0.3, -0.25) is 9.69 Å². The van der Waals surface area contributed by atoms with Crippen LogP contribution in [0.15, 0.2) is 0 Å². The van der Waals surface area contributed by atoms with Crippen molar-refractivity contribution in [2.45, 2.75) is 71.0 Å². The van der Waals surface area contributed by atoms with Crippen LogP contribution in [0.2, 0.25) is 0 Å². The predicted molar refractivity (Wildman–Crippen MR) is 61.8 cm³/mol. The van der Waals surface area contributed by atoms with Crippen LogP contribution in [0.3, 0.4) is 0 Å². The highest BCUT2D eigenvalue weighted by molar-refractivity contribution is 5.81. The summed E-state index contributed by atoms with van der Waals surface area (Å²) in [5.74, 6) is 1.17. The van der Waals surface area contributed by atoms with Gasteiger partial charge in [-0.25, -0.2) is 0 Å². The summed E-state index contributed by atoms with van der Waals surface area (Å²) in [6, 6.07) is 1.44. The van der Waals surface area contributed by atoms with Crippen LogP contribution in [0, 0.1) is 5.92 Å². The Morgan fingerprint density at radius 3 is 2.53 bits per heavy atom. The molecule has 2 fully saturated rings. The molecule has 0 aromatic carbocycles. The molecule has 0 N–H and O–H groups in total. The van der Waals surface area contributed by atoms with Gasteiger partial charge in [-0.1, -0.05) is 12.8 Å². The van der Waals surface area contributed by atoms with E-state index in [1.54, 1.807) is 6.92 Å². The summed E-state index contributed by atoms with van der Waals surface area (Å²) in [6.45, 7) is 6.22. The number of ketones is 1. The largest absolute Gasteiger partial charge is 0.298 e. The first kappa shape index (κ1) is 11.1. The summed E-state index contributed by atoms with van der Waals surface area (Å²) in [5.41, 5.74) is 0. The third-order valence-corrected chi connectivity index (χ3v) is 4.20. The van der Waals surface area contributed by atoms with E-state index in [0.717, 1.165) is 12.3 Å². The monoisotopic (exact) mass is 209 g/mol. The Kier molecular flexibility index (Phi) is 3.15. The van der Waals surface area contributed by atoms with Crippen molar-refractivity contribution in [2.75, 3.05) is 0 Å². The minimum atomic E-state index is 0.220. The van der Waals surface area contributed by atoms with Crippen molar-refractivity contribution in [3.05, 3.63) is 0 Å². The van der Waals surface area contributed by atoms with Gasteiger partial charge in [0.15, 0.2) is 0 Å². The molecule has 0 amide bonds. The van der Waals surface area contributed by atoms with E-state index in [1.165, 1.54) is 25.7 Å². The van der Waals surface area contributed by atoms with Crippen molar-refractivity contribution in [3.8, 4) is 0 Å². The Balaban J connectivity index is 2.17. The van der Waals surface area contributed by atoms with Crippen LogP contribution in [0.25, 0.3) is 0 Å². The van der Waals surface area contributed by atoms with Crippen LogP contribution < -0.4 is 0 Å². The van der Waals surface area contributed by atoms with Crippen LogP contribution in [0.4, 0.5) is 0 Å². The number of hydrogen-bond acceptors (Lipinski definition) is 2. The summed E-state index contributed by atoms with van der Waals surface area (Å²) in [4.78, 5) is 14.2. The summed E-state index contributed by atoms with van der Waals surface area (Å²) >= 11 is 0. The smallest absolute Gasteiger partial charge is 0.146 e. The molecule has 2 heteroatoms. The molecule has 1 heterocycles. The molecule has 0 aromatic heterocycles. The zero-order chi connectivity index (χ0) is 11.0. The maximum Gasteiger partial charge on any atom is 0.146 e. The number of Topliss-reactive ketones (excluding diaryl/α,β-unsaturated/α-hetero) is 1. The first-order chi connectivity index (χ1) is 7.11. The fourth-order valence-corrected chi connectivity index (χ4v) is 3.61. The molecule has 1 aliphatic heterocycles. The van der Waals surface area contributed by atoms with Gasteiger partial charge in [0, 0.05) is 12.1 Å². The second kappa shape index (κ2) is 4.25. The van der Waals surface area contributed by atoms with E-state index in [4.69, 9.17) is 0 Å². The maximum atomic E-state index is 11.7. The normalized spacial score (nSPS) is 36.9. The average molecular weight is 209 g/mol. The predicted octanol–water partition coefficient (Wildman–Crippen LogP) is 2.62. The third kappa shape index (κ3) is 1.96. The van der Waals surface area contributed by atoms with Gasteiger partial charge in [0.25, 0.3) is 0 Å². The molecule has 0 radical (unpaired) electrons. The zero-order valence-corrected chi connectivity index (χ0v) is 10.2. The molecule has 15 heavy (non-hydrogen) atoms. The fraction of sp³-hybridized carbons (Fsp3) is 0.923. The van der Waals surface area contributed by atoms with Gasteiger partial charge in [-0.15, -0.1) is 0 Å². The lowest BCUT2D eigenvalue weighted by molar-refractivity contribution is -0.122. The topological polar surface area (TPSA) is 20.3 Å². The minimum Gasteiger partial charge on any atom is -0.298 e. The number of nitrogens with zero attached hydrogens (tertiary/aromatic N) is 1. The lowest BCUT2D eigenvalue weighted by atomic mass is 9.84. The number of fused-ring (bicyclic) bond motifs is 1. The van der Waals surface area contributed by atoms with E-state index in [1.807, 2.05) is 0 Å². The summed E-state index contributed by atoms with van der Waals surface area (Å²) < 4.78 is 0. The molecular weight excluding hydrogens is 186 g/mol. The average Bonchev–Trinajstić information content (AvgIpc) is 2.56. The molecule has 3 atom stereocenters. The van der Waals surface area contributed by atoms with Crippen LogP contribution in [-0.4, -0.2) is 28.8 Å². The summed E-state index contributed by atoms with van der Waals surface area (Å²) in [5, 5.41) is 0. The molecule has 2 nitrogen and oxygen atoms in total. The SMILES string of the molecule is CC(=O)[C@@H]1CC2CCCCC2N1C(C)C. The molecule has 1 saturated carbocycles. The van der Waals surface area contributed by atoms with Crippen LogP contribution in [0.1, 0.15) is 52.9 Å². The molecule has 0 bridgehead atoms. The standard InChI is InChI=1S/C13H23NO/c1-9(2)14-12-7-5-4-6-11(12)8-13(14)10(3)15/h9,11-13H,4-8H2,1-3H3/t11?,12?,13-/m0/s1. The van der Waals surface area contributed by atoms with E-state index >= 15 is 0 Å². The van der Waals surface area contributed by atoms with Gasteiger partial charge in [0.05, 0.1) is 6.04 Å². The quantitative estimate of drug-likeness (QED) is 0.697. The zero-order valence-electron chi connectivity index (χ0n) is 10.2. The summed E-state index contributed by atoms with van der Waals surface area (Å²) in [7, 11) is 0. The van der Waals surface area contributed by atoms with E-state index < -0.39 is 0 Å². The number of carbonyl (C=O) groups excluding carboxylic acids is 1. The molecule has 1 saturated heterocycles. The number of carbonyl (C=O) groups is 1. The molecule has 0 spiro atoms. The van der Waals surface area contributed by atoms with Gasteiger partial charge >= 0.3 is 0 Å². The number of rotatable bonds is 2. The summed E-state index contributed by atoms with van der Waals surface area (Å²) in [6.07, 6.45) is 6.51. The fourth-order valence-electron chi connectivity index (χ4n) is 3.61. The van der Waals surface area contributed by atoms with Crippen molar-refractivity contribution >= 4 is 5.78 Å². The molecular formula is C13H23NO. The van der Waals surface area contributed by atoms with Gasteiger partial charge in [0.1, 0.15) is 5.78 Å². The Morgan fingerprint density at radius 1 is 1.27 bits per heavy atom. The van der Waals surface area contributed by atoms with Gasteiger partial charge in [-0.05, 0) is 46.0 Å². The highest BCUT2D eigenvalue weighted by atomic mass is 16.1. The van der Waals surface area contributed by atoms with Crippen molar-refractivity contribution in [3.63, 3.8) is 0 Å². The molecule has 1 aliphatic carbocycles. The Hall–Kier alpha value is -0.370. The van der Waals surface area contributed by atoms with Gasteiger partial charge in [-0.2, -0.15) is 0 Å². The Morgan fingerprint density at radius 2 is 1.93 bits per heavy atom. The van der Waals surface area contributed by atoms with Gasteiger partial charge < -0.3 is 0 Å². The molecule has 2 aliphatic rings. The second-order valence-electron chi connectivity index (χ2n) is 5.51. The van der Waals surface area contributed by atoms with Gasteiger partial charge in [0.2, 0.25) is 0 Å². The van der Waals surface area contributed by atoms with E-state index in [2.05, 4.69) is 18.7 Å². The van der Waals surface area contributed by atoms with Crippen molar-refractivity contribution in [1.82, 2.24) is 4.90 Å². The minimum absolute atomic E-state index is 0.220. The van der Waals surface area contributed by atoms with Crippen LogP contribution in [0.5, 0.6) is 0 Å². The number of hydrogen-bond donors (Lipinski definition) is 0. The second-order valence-corrected chi connectivity index (χ2v) is 5.51. The van der Waals surface area contributed by atoms with E-state index in [-0.39, 0.29) is 6.04 Å². The van der Waals surface area contributed by atoms with Crippen LogP contribution in [-0.2, 0) is 4.79 Å². The Labute approximate surface area is 93.0 Å². The van der Waals surface area contributed by atoms with Crippen LogP contribution >= 0.6 is 0 Å². The number of likely N-dealkylation sites (tertiary alicyclic amines) is 1. The van der Waals surface area contributed by atoms with Crippen molar-refractivity contribution in [2.24, 2.45) is 5.92 Å². The molecule has 0 aromatic rings. The van der Waals surface area contributed by atoms with Crippen molar-refractivity contribution in [1.29, 1.82) is 0 Å². The molecule has 2 unspecified atom stereocenters. The molecule has 2 rings (SSSR count). The highest BCUT2D eigenvalue weighted by Crippen LogP contribution is 2.40. The first-order valence-electron chi connectivity index (χ1n) is 6.39. The lowest BCUT2D eigenvalue weighted by Crippen LogP contribution is -2.45. The van der Waals surface area contributed by atoms with E-state index in [0.29, 0.717) is 17.9 Å². The van der Waals surface area contributed by atoms with Crippen molar-refractivity contribution < 1.29 is 4.79 Å². The third-order valence-electron chi connectivity index (χ3n) is 4.20.